The van der Waals surface area contributed by atoms with E-state index in [1.807, 2.05) is 12.1 Å². The summed E-state index contributed by atoms with van der Waals surface area (Å²) in [5.41, 5.74) is 0.982. The van der Waals surface area contributed by atoms with Gasteiger partial charge in [-0.25, -0.2) is 0 Å². The minimum atomic E-state index is -0.219. The maximum atomic E-state index is 13.2. The summed E-state index contributed by atoms with van der Waals surface area (Å²) in [6.45, 7) is -0.219. The van der Waals surface area contributed by atoms with E-state index < -0.39 is 0 Å². The topological polar surface area (TPSA) is 0 Å². The second-order valence-corrected chi connectivity index (χ2v) is 5.05. The van der Waals surface area contributed by atoms with Gasteiger partial charge in [-0.1, -0.05) is 40.9 Å². The fourth-order valence-electron chi connectivity index (χ4n) is 2.37. The van der Waals surface area contributed by atoms with Gasteiger partial charge in [0, 0.05) is 9.89 Å². The number of halogens is 2. The van der Waals surface area contributed by atoms with Gasteiger partial charge >= 0.3 is 0 Å². The van der Waals surface area contributed by atoms with Crippen molar-refractivity contribution in [2.75, 3.05) is 6.67 Å². The minimum absolute atomic E-state index is 0.177. The Balaban J connectivity index is 2.35. The van der Waals surface area contributed by atoms with E-state index in [9.17, 15) is 4.39 Å². The van der Waals surface area contributed by atoms with Crippen LogP contribution in [0.1, 0.15) is 31.2 Å². The fourth-order valence-corrected chi connectivity index (χ4v) is 2.77. The van der Waals surface area contributed by atoms with Crippen LogP contribution in [0.3, 0.4) is 0 Å². The van der Waals surface area contributed by atoms with Crippen LogP contribution in [0.5, 0.6) is 0 Å². The van der Waals surface area contributed by atoms with Crippen molar-refractivity contribution in [2.24, 2.45) is 0 Å². The smallest absolute Gasteiger partial charge is 0.0990 e. The monoisotopic (exact) mass is 256 g/mol. The van der Waals surface area contributed by atoms with Crippen LogP contribution < -0.4 is 0 Å². The largest absolute Gasteiger partial charge is 0.250 e. The first-order valence-electron chi connectivity index (χ1n) is 5.09. The van der Waals surface area contributed by atoms with E-state index in [0.717, 1.165) is 35.7 Å². The number of rotatable bonds is 2. The molecule has 0 aliphatic heterocycles. The zero-order valence-electron chi connectivity index (χ0n) is 8.10. The van der Waals surface area contributed by atoms with Gasteiger partial charge in [0.15, 0.2) is 0 Å². The maximum Gasteiger partial charge on any atom is 0.0990 e. The second kappa shape index (κ2) is 4.01. The lowest BCUT2D eigenvalue weighted by atomic mass is 9.80. The van der Waals surface area contributed by atoms with E-state index in [0.29, 0.717) is 0 Å². The van der Waals surface area contributed by atoms with E-state index in [1.54, 1.807) is 0 Å². The molecule has 1 aromatic rings. The molecule has 0 saturated heterocycles. The van der Waals surface area contributed by atoms with Gasteiger partial charge in [0.05, 0.1) is 6.67 Å². The molecule has 0 heterocycles. The summed E-state index contributed by atoms with van der Waals surface area (Å²) in [4.78, 5) is 0. The molecule has 0 amide bonds. The molecule has 0 unspecified atom stereocenters. The predicted molar refractivity (Wildman–Crippen MR) is 60.3 cm³/mol. The SMILES string of the molecule is FCC1(c2cccc(Br)c2)CCCC1. The molecule has 14 heavy (non-hydrogen) atoms. The van der Waals surface area contributed by atoms with Crippen LogP contribution in [-0.4, -0.2) is 6.67 Å². The molecule has 0 N–H and O–H groups in total. The first-order chi connectivity index (χ1) is 6.77. The highest BCUT2D eigenvalue weighted by atomic mass is 79.9. The third kappa shape index (κ3) is 1.72. The molecule has 1 aliphatic carbocycles. The summed E-state index contributed by atoms with van der Waals surface area (Å²) >= 11 is 3.44. The molecule has 1 saturated carbocycles. The Bertz CT molecular complexity index is 316. The average molecular weight is 257 g/mol. The number of benzene rings is 1. The lowest BCUT2D eigenvalue weighted by molar-refractivity contribution is 0.309. The molecule has 1 aliphatic rings. The van der Waals surface area contributed by atoms with Gasteiger partial charge < -0.3 is 0 Å². The first-order valence-corrected chi connectivity index (χ1v) is 5.88. The summed E-state index contributed by atoms with van der Waals surface area (Å²) in [5.74, 6) is 0. The summed E-state index contributed by atoms with van der Waals surface area (Å²) in [6.07, 6.45) is 4.33. The maximum absolute atomic E-state index is 13.2. The normalized spacial score (nSPS) is 19.9. The van der Waals surface area contributed by atoms with Crippen LogP contribution in [0.15, 0.2) is 28.7 Å². The molecule has 0 atom stereocenters. The van der Waals surface area contributed by atoms with Crippen LogP contribution in [-0.2, 0) is 5.41 Å². The third-order valence-electron chi connectivity index (χ3n) is 3.25. The van der Waals surface area contributed by atoms with E-state index in [2.05, 4.69) is 28.1 Å². The lowest BCUT2D eigenvalue weighted by Gasteiger charge is -2.26. The summed E-state index contributed by atoms with van der Waals surface area (Å²) in [6, 6.07) is 8.10. The molecule has 0 nitrogen and oxygen atoms in total. The van der Waals surface area contributed by atoms with Crippen molar-refractivity contribution in [1.29, 1.82) is 0 Å². The molecule has 2 heteroatoms. The number of hydrogen-bond acceptors (Lipinski definition) is 0. The number of hydrogen-bond donors (Lipinski definition) is 0. The van der Waals surface area contributed by atoms with E-state index >= 15 is 0 Å². The molecule has 0 spiro atoms. The second-order valence-electron chi connectivity index (χ2n) is 4.13. The Hall–Kier alpha value is -0.370. The molecule has 1 aromatic carbocycles. The van der Waals surface area contributed by atoms with Gasteiger partial charge in [0.25, 0.3) is 0 Å². The first kappa shape index (κ1) is 10.2. The Labute approximate surface area is 92.6 Å². The Morgan fingerprint density at radius 3 is 2.57 bits per heavy atom. The van der Waals surface area contributed by atoms with Gasteiger partial charge in [-0.15, -0.1) is 0 Å². The van der Waals surface area contributed by atoms with Crippen molar-refractivity contribution in [3.05, 3.63) is 34.3 Å². The summed E-state index contributed by atoms with van der Waals surface area (Å²) in [7, 11) is 0. The van der Waals surface area contributed by atoms with Crippen molar-refractivity contribution in [2.45, 2.75) is 31.1 Å². The highest BCUT2D eigenvalue weighted by molar-refractivity contribution is 9.10. The van der Waals surface area contributed by atoms with Crippen molar-refractivity contribution in [3.8, 4) is 0 Å². The lowest BCUT2D eigenvalue weighted by Crippen LogP contribution is -2.24. The molecule has 0 aromatic heterocycles. The molecule has 76 valence electrons. The van der Waals surface area contributed by atoms with Gasteiger partial charge in [-0.05, 0) is 30.5 Å². The van der Waals surface area contributed by atoms with Crippen molar-refractivity contribution in [3.63, 3.8) is 0 Å². The molecule has 2 rings (SSSR count). The van der Waals surface area contributed by atoms with E-state index in [-0.39, 0.29) is 12.1 Å². The standard InChI is InChI=1S/C12H14BrF/c13-11-5-3-4-10(8-11)12(9-14)6-1-2-7-12/h3-5,8H,1-2,6-7,9H2. The zero-order chi connectivity index (χ0) is 10.0. The zero-order valence-corrected chi connectivity index (χ0v) is 9.69. The van der Waals surface area contributed by atoms with Gasteiger partial charge in [-0.2, -0.15) is 0 Å². The minimum Gasteiger partial charge on any atom is -0.250 e. The molecular formula is C12H14BrF. The van der Waals surface area contributed by atoms with Crippen LogP contribution in [0, 0.1) is 0 Å². The third-order valence-corrected chi connectivity index (χ3v) is 3.75. The van der Waals surface area contributed by atoms with Gasteiger partial charge in [0.1, 0.15) is 0 Å². The highest BCUT2D eigenvalue weighted by Crippen LogP contribution is 2.41. The molecular weight excluding hydrogens is 243 g/mol. The summed E-state index contributed by atoms with van der Waals surface area (Å²) in [5, 5.41) is 0. The predicted octanol–water partition coefficient (Wildman–Crippen LogP) is 4.23. The van der Waals surface area contributed by atoms with Crippen LogP contribution >= 0.6 is 15.9 Å². The van der Waals surface area contributed by atoms with Crippen molar-refractivity contribution >= 4 is 15.9 Å². The Kier molecular flexibility index (Phi) is 2.91. The van der Waals surface area contributed by atoms with Crippen LogP contribution in [0.4, 0.5) is 4.39 Å². The van der Waals surface area contributed by atoms with Gasteiger partial charge in [-0.3, -0.25) is 4.39 Å². The highest BCUT2D eigenvalue weighted by Gasteiger charge is 2.35. The van der Waals surface area contributed by atoms with Gasteiger partial charge in [0.2, 0.25) is 0 Å². The van der Waals surface area contributed by atoms with Crippen molar-refractivity contribution in [1.82, 2.24) is 0 Å². The average Bonchev–Trinajstić information content (AvgIpc) is 2.67. The van der Waals surface area contributed by atoms with E-state index in [4.69, 9.17) is 0 Å². The number of alkyl halides is 1. The van der Waals surface area contributed by atoms with E-state index in [1.165, 1.54) is 0 Å². The molecule has 0 bridgehead atoms. The summed E-state index contributed by atoms with van der Waals surface area (Å²) < 4.78 is 14.2. The van der Waals surface area contributed by atoms with Crippen LogP contribution in [0.25, 0.3) is 0 Å². The van der Waals surface area contributed by atoms with Crippen LogP contribution in [0.2, 0.25) is 0 Å². The molecule has 0 radical (unpaired) electrons. The molecule has 1 fully saturated rings. The fraction of sp³-hybridized carbons (Fsp3) is 0.500. The Morgan fingerprint density at radius 1 is 1.29 bits per heavy atom. The van der Waals surface area contributed by atoms with Crippen molar-refractivity contribution < 1.29 is 4.39 Å². The quantitative estimate of drug-likeness (QED) is 0.743. The Morgan fingerprint density at radius 2 is 2.00 bits per heavy atom.